The second kappa shape index (κ2) is 11.2. The van der Waals surface area contributed by atoms with Gasteiger partial charge >= 0.3 is 0 Å². The van der Waals surface area contributed by atoms with Gasteiger partial charge in [0.25, 0.3) is 0 Å². The lowest BCUT2D eigenvalue weighted by atomic mass is 10.1. The van der Waals surface area contributed by atoms with E-state index in [0.29, 0.717) is 0 Å². The molecule has 0 atom stereocenters. The molecule has 0 bridgehead atoms. The predicted octanol–water partition coefficient (Wildman–Crippen LogP) is 13.6. The smallest absolute Gasteiger partial charge is 0.0641 e. The van der Waals surface area contributed by atoms with Crippen molar-refractivity contribution in [2.24, 2.45) is 0 Å². The Balaban J connectivity index is 1.15. The average Bonchev–Trinajstić information content (AvgIpc) is 3.86. The second-order valence-corrected chi connectivity index (χ2v) is 15.8. The van der Waals surface area contributed by atoms with E-state index in [-0.39, 0.29) is 0 Å². The molecule has 53 heavy (non-hydrogen) atoms. The zero-order valence-electron chi connectivity index (χ0n) is 28.4. The number of nitrogens with zero attached hydrogens (tertiary/aromatic N) is 3. The van der Waals surface area contributed by atoms with Crippen LogP contribution >= 0.6 is 23.5 Å². The summed E-state index contributed by atoms with van der Waals surface area (Å²) in [5.74, 6) is 0. The maximum atomic E-state index is 2.50. The number of fused-ring (bicyclic) bond motifs is 13. The number of para-hydroxylation sites is 4. The zero-order chi connectivity index (χ0) is 34.6. The minimum Gasteiger partial charge on any atom is -0.309 e. The fraction of sp³-hybridized carbons (Fsp3) is 0. The first kappa shape index (κ1) is 29.4. The fourth-order valence-electron chi connectivity index (χ4n) is 8.72. The summed E-state index contributed by atoms with van der Waals surface area (Å²) in [5, 5.41) is 7.63. The van der Waals surface area contributed by atoms with Crippen LogP contribution < -0.4 is 0 Å². The summed E-state index contributed by atoms with van der Waals surface area (Å²) in [6.45, 7) is 0. The quantitative estimate of drug-likeness (QED) is 0.181. The Morgan fingerprint density at radius 2 is 0.830 bits per heavy atom. The van der Waals surface area contributed by atoms with Crippen LogP contribution in [0.25, 0.3) is 82.5 Å². The molecule has 5 heteroatoms. The molecule has 248 valence electrons. The molecular weight excluding hydrogens is 683 g/mol. The van der Waals surface area contributed by atoms with Gasteiger partial charge in [0.15, 0.2) is 0 Å². The Morgan fingerprint density at radius 3 is 1.58 bits per heavy atom. The minimum atomic E-state index is 1.14. The predicted molar refractivity (Wildman–Crippen MR) is 224 cm³/mol. The molecule has 0 saturated heterocycles. The van der Waals surface area contributed by atoms with Crippen LogP contribution in [-0.2, 0) is 0 Å². The van der Waals surface area contributed by atoms with Gasteiger partial charge in [-0.3, -0.25) is 0 Å². The second-order valence-electron chi connectivity index (χ2n) is 13.7. The van der Waals surface area contributed by atoms with Gasteiger partial charge in [-0.2, -0.15) is 0 Å². The van der Waals surface area contributed by atoms with Crippen LogP contribution in [0.2, 0.25) is 0 Å². The summed E-state index contributed by atoms with van der Waals surface area (Å²) in [7, 11) is 0. The van der Waals surface area contributed by atoms with E-state index in [0.717, 1.165) is 17.1 Å². The van der Waals surface area contributed by atoms with Gasteiger partial charge < -0.3 is 13.7 Å². The molecule has 0 fully saturated rings. The van der Waals surface area contributed by atoms with Gasteiger partial charge in [-0.15, -0.1) is 0 Å². The van der Waals surface area contributed by atoms with E-state index in [4.69, 9.17) is 0 Å². The van der Waals surface area contributed by atoms with E-state index in [2.05, 4.69) is 190 Å². The van der Waals surface area contributed by atoms with Gasteiger partial charge in [-0.25, -0.2) is 0 Å². The Bertz CT molecular complexity index is 3290. The van der Waals surface area contributed by atoms with Crippen molar-refractivity contribution < 1.29 is 0 Å². The van der Waals surface area contributed by atoms with Crippen molar-refractivity contribution in [2.45, 2.75) is 19.6 Å². The Hall–Kier alpha value is -6.14. The summed E-state index contributed by atoms with van der Waals surface area (Å²) in [6, 6.07) is 64.5. The van der Waals surface area contributed by atoms with Crippen LogP contribution in [0, 0.1) is 0 Å². The highest BCUT2D eigenvalue weighted by molar-refractivity contribution is 8.05. The molecule has 4 heterocycles. The van der Waals surface area contributed by atoms with Gasteiger partial charge in [0.2, 0.25) is 0 Å². The van der Waals surface area contributed by atoms with Crippen molar-refractivity contribution in [3.05, 3.63) is 176 Å². The van der Waals surface area contributed by atoms with Crippen LogP contribution in [0.4, 0.5) is 0 Å². The topological polar surface area (TPSA) is 14.8 Å². The minimum absolute atomic E-state index is 1.14. The Kier molecular flexibility index (Phi) is 6.21. The summed E-state index contributed by atoms with van der Waals surface area (Å²) in [6.07, 6.45) is 0. The maximum absolute atomic E-state index is 2.50. The molecule has 0 aliphatic carbocycles. The molecule has 1 aliphatic rings. The van der Waals surface area contributed by atoms with E-state index in [1.807, 2.05) is 23.5 Å². The average molecular weight is 712 g/mol. The standard InChI is InChI=1S/C48H29N3S2/c1-2-13-30(14-3-1)49-38-21-8-5-18-35(38)45-40(49)26-25-34-33-17-4-7-20-37(33)51(47(34)45)32-16-12-15-31(29-32)50-39-22-9-6-19-36(39)46-41(50)27-28-44-48(46)53-43-24-11-10-23-42(43)52-44/h1-29H. The molecule has 0 amide bonds. The molecule has 0 unspecified atom stereocenters. The highest BCUT2D eigenvalue weighted by Crippen LogP contribution is 2.53. The van der Waals surface area contributed by atoms with Gasteiger partial charge in [0.1, 0.15) is 0 Å². The molecule has 1 aliphatic heterocycles. The highest BCUT2D eigenvalue weighted by Gasteiger charge is 2.25. The molecular formula is C48H29N3S2. The SMILES string of the molecule is c1ccc(-n2c3ccccc3c3c2ccc2c4ccccc4n(-c4cccc(-n5c6ccccc6c6c7c(ccc65)Sc5ccccc5S7)c4)c23)cc1. The van der Waals surface area contributed by atoms with Gasteiger partial charge in [-0.05, 0) is 78.9 Å². The largest absolute Gasteiger partial charge is 0.309 e. The molecule has 0 saturated carbocycles. The monoisotopic (exact) mass is 711 g/mol. The van der Waals surface area contributed by atoms with Crippen LogP contribution in [0.3, 0.4) is 0 Å². The Morgan fingerprint density at radius 1 is 0.302 bits per heavy atom. The van der Waals surface area contributed by atoms with E-state index >= 15 is 0 Å². The molecule has 11 aromatic rings. The summed E-state index contributed by atoms with van der Waals surface area (Å²) < 4.78 is 7.37. The third-order valence-corrected chi connectivity index (χ3v) is 13.5. The summed E-state index contributed by atoms with van der Waals surface area (Å²) in [5.41, 5.74) is 10.7. The lowest BCUT2D eigenvalue weighted by Gasteiger charge is -2.19. The number of hydrogen-bond acceptors (Lipinski definition) is 2. The first-order valence-corrected chi connectivity index (χ1v) is 19.6. The number of rotatable bonds is 3. The maximum Gasteiger partial charge on any atom is 0.0641 e. The zero-order valence-corrected chi connectivity index (χ0v) is 30.0. The lowest BCUT2D eigenvalue weighted by molar-refractivity contribution is 1.13. The fourth-order valence-corrected chi connectivity index (χ4v) is 11.1. The molecule has 0 N–H and O–H groups in total. The normalized spacial score (nSPS) is 12.8. The third kappa shape index (κ3) is 4.15. The van der Waals surface area contributed by atoms with Gasteiger partial charge in [0.05, 0.1) is 33.1 Å². The van der Waals surface area contributed by atoms with Crippen LogP contribution in [0.15, 0.2) is 196 Å². The number of aromatic nitrogens is 3. The number of benzene rings is 8. The van der Waals surface area contributed by atoms with Gasteiger partial charge in [0, 0.05) is 69.0 Å². The molecule has 0 spiro atoms. The van der Waals surface area contributed by atoms with Crippen molar-refractivity contribution in [3.8, 4) is 17.1 Å². The first-order chi connectivity index (χ1) is 26.3. The van der Waals surface area contributed by atoms with Crippen molar-refractivity contribution in [2.75, 3.05) is 0 Å². The van der Waals surface area contributed by atoms with E-state index < -0.39 is 0 Å². The molecule has 0 radical (unpaired) electrons. The van der Waals surface area contributed by atoms with Crippen molar-refractivity contribution in [3.63, 3.8) is 0 Å². The first-order valence-electron chi connectivity index (χ1n) is 17.9. The Labute approximate surface area is 313 Å². The summed E-state index contributed by atoms with van der Waals surface area (Å²) in [4.78, 5) is 5.31. The van der Waals surface area contributed by atoms with E-state index in [1.54, 1.807) is 0 Å². The van der Waals surface area contributed by atoms with Crippen LogP contribution in [-0.4, -0.2) is 13.7 Å². The summed E-state index contributed by atoms with van der Waals surface area (Å²) >= 11 is 3.78. The van der Waals surface area contributed by atoms with Crippen molar-refractivity contribution in [1.29, 1.82) is 0 Å². The van der Waals surface area contributed by atoms with E-state index in [9.17, 15) is 0 Å². The van der Waals surface area contributed by atoms with E-state index in [1.165, 1.54) is 85.0 Å². The molecule has 8 aromatic carbocycles. The highest BCUT2D eigenvalue weighted by atomic mass is 32.2. The lowest BCUT2D eigenvalue weighted by Crippen LogP contribution is -1.99. The molecule has 12 rings (SSSR count). The number of hydrogen-bond donors (Lipinski definition) is 0. The third-order valence-electron chi connectivity index (χ3n) is 10.9. The molecule has 3 aromatic heterocycles. The van der Waals surface area contributed by atoms with Crippen LogP contribution in [0.1, 0.15) is 0 Å². The van der Waals surface area contributed by atoms with Crippen molar-refractivity contribution >= 4 is 88.9 Å². The van der Waals surface area contributed by atoms with Crippen LogP contribution in [0.5, 0.6) is 0 Å². The van der Waals surface area contributed by atoms with Crippen molar-refractivity contribution in [1.82, 2.24) is 13.7 Å². The van der Waals surface area contributed by atoms with Gasteiger partial charge in [-0.1, -0.05) is 121 Å². The molecule has 3 nitrogen and oxygen atoms in total.